The molecule has 2 aliphatic rings. The second-order valence-corrected chi connectivity index (χ2v) is 6.89. The zero-order chi connectivity index (χ0) is 15.3. The Labute approximate surface area is 137 Å². The van der Waals surface area contributed by atoms with Gasteiger partial charge in [-0.15, -0.1) is 0 Å². The lowest BCUT2D eigenvalue weighted by molar-refractivity contribution is 0.424. The molecule has 2 heteroatoms. The number of allylic oxidation sites excluding steroid dienone is 2. The molecule has 0 fully saturated rings. The van der Waals surface area contributed by atoms with Crippen LogP contribution in [0.2, 0.25) is 5.02 Å². The fourth-order valence-corrected chi connectivity index (χ4v) is 4.33. The Bertz CT molecular complexity index is 762. The first-order valence-electron chi connectivity index (χ1n) is 7.94. The van der Waals surface area contributed by atoms with Crippen LogP contribution in [0.5, 0.6) is 0 Å². The van der Waals surface area contributed by atoms with Crippen LogP contribution >= 0.6 is 11.6 Å². The summed E-state index contributed by atoms with van der Waals surface area (Å²) in [5.74, 6) is 1.05. The van der Waals surface area contributed by atoms with Gasteiger partial charge in [-0.3, -0.25) is 0 Å². The summed E-state index contributed by atoms with van der Waals surface area (Å²) in [5.41, 5.74) is 6.69. The topological polar surface area (TPSA) is 12.0 Å². The lowest BCUT2D eigenvalue weighted by atomic mass is 9.75. The molecule has 1 heterocycles. The fraction of sp³-hybridized carbons (Fsp3) is 0.300. The maximum absolute atomic E-state index is 6.49. The van der Waals surface area contributed by atoms with E-state index in [2.05, 4.69) is 55.6 Å². The van der Waals surface area contributed by atoms with E-state index < -0.39 is 0 Å². The molecule has 2 aromatic rings. The van der Waals surface area contributed by atoms with E-state index in [0.29, 0.717) is 11.8 Å². The summed E-state index contributed by atoms with van der Waals surface area (Å²) in [6.07, 6.45) is 5.83. The van der Waals surface area contributed by atoms with Crippen molar-refractivity contribution in [2.75, 3.05) is 5.32 Å². The van der Waals surface area contributed by atoms with E-state index in [1.54, 1.807) is 0 Å². The van der Waals surface area contributed by atoms with Crippen molar-refractivity contribution < 1.29 is 0 Å². The molecule has 0 bridgehead atoms. The van der Waals surface area contributed by atoms with Crippen molar-refractivity contribution in [2.45, 2.75) is 32.2 Å². The van der Waals surface area contributed by atoms with Crippen molar-refractivity contribution in [3.63, 3.8) is 0 Å². The van der Waals surface area contributed by atoms with Gasteiger partial charge in [-0.05, 0) is 54.5 Å². The maximum atomic E-state index is 6.49. The second kappa shape index (κ2) is 5.17. The van der Waals surface area contributed by atoms with Gasteiger partial charge in [0.1, 0.15) is 0 Å². The minimum Gasteiger partial charge on any atom is -0.377 e. The molecule has 1 nitrogen and oxygen atoms in total. The Hall–Kier alpha value is -1.73. The highest BCUT2D eigenvalue weighted by atomic mass is 35.5. The number of nitrogens with one attached hydrogen (secondary N) is 1. The molecule has 1 N–H and O–H groups in total. The summed E-state index contributed by atoms with van der Waals surface area (Å²) in [4.78, 5) is 0. The van der Waals surface area contributed by atoms with Gasteiger partial charge in [0, 0.05) is 16.6 Å². The minimum absolute atomic E-state index is 0.279. The van der Waals surface area contributed by atoms with E-state index in [0.717, 1.165) is 11.4 Å². The summed E-state index contributed by atoms with van der Waals surface area (Å²) < 4.78 is 0. The van der Waals surface area contributed by atoms with Crippen LogP contribution in [0, 0.1) is 19.8 Å². The standard InChI is InChI=1S/C20H20ClN/c1-12-10-11-13(2)19-18(12)14-7-5-8-15(14)20(22-19)16-6-3-4-9-17(16)21/h3-7,9-11,14-15,20,22H,8H2,1-2H3/t14-,15-,20-/m0/s1. The van der Waals surface area contributed by atoms with Gasteiger partial charge in [-0.25, -0.2) is 0 Å². The van der Waals surface area contributed by atoms with Gasteiger partial charge in [0.15, 0.2) is 0 Å². The first-order chi connectivity index (χ1) is 10.7. The molecule has 0 radical (unpaired) electrons. The molecular weight excluding hydrogens is 290 g/mol. The third-order valence-corrected chi connectivity index (χ3v) is 5.53. The van der Waals surface area contributed by atoms with Crippen molar-refractivity contribution >= 4 is 17.3 Å². The number of benzene rings is 2. The molecule has 2 aromatic carbocycles. The summed E-state index contributed by atoms with van der Waals surface area (Å²) in [6.45, 7) is 4.41. The summed E-state index contributed by atoms with van der Waals surface area (Å²) in [7, 11) is 0. The van der Waals surface area contributed by atoms with Gasteiger partial charge in [0.2, 0.25) is 0 Å². The Morgan fingerprint density at radius 3 is 2.64 bits per heavy atom. The fourth-order valence-electron chi connectivity index (χ4n) is 4.08. The summed E-state index contributed by atoms with van der Waals surface area (Å²) in [6, 6.07) is 13.0. The van der Waals surface area contributed by atoms with Crippen LogP contribution in [0.4, 0.5) is 5.69 Å². The quantitative estimate of drug-likeness (QED) is 0.658. The molecule has 3 atom stereocenters. The molecule has 112 valence electrons. The molecule has 1 aliphatic carbocycles. The van der Waals surface area contributed by atoms with E-state index in [1.165, 1.54) is 27.9 Å². The van der Waals surface area contributed by atoms with E-state index in [4.69, 9.17) is 11.6 Å². The Morgan fingerprint density at radius 2 is 1.82 bits per heavy atom. The average molecular weight is 310 g/mol. The number of fused-ring (bicyclic) bond motifs is 3. The number of halogens is 1. The molecule has 22 heavy (non-hydrogen) atoms. The molecule has 0 amide bonds. The second-order valence-electron chi connectivity index (χ2n) is 6.49. The zero-order valence-electron chi connectivity index (χ0n) is 12.9. The van der Waals surface area contributed by atoms with Crippen LogP contribution in [0.3, 0.4) is 0 Å². The number of hydrogen-bond donors (Lipinski definition) is 1. The molecule has 0 spiro atoms. The van der Waals surface area contributed by atoms with Crippen LogP contribution in [0.15, 0.2) is 48.6 Å². The van der Waals surface area contributed by atoms with Crippen LogP contribution in [-0.4, -0.2) is 0 Å². The molecule has 0 aromatic heterocycles. The third-order valence-electron chi connectivity index (χ3n) is 5.19. The molecule has 4 rings (SSSR count). The molecule has 0 saturated carbocycles. The largest absolute Gasteiger partial charge is 0.377 e. The van der Waals surface area contributed by atoms with Crippen LogP contribution in [0.1, 0.15) is 40.6 Å². The van der Waals surface area contributed by atoms with Gasteiger partial charge < -0.3 is 5.32 Å². The van der Waals surface area contributed by atoms with Crippen molar-refractivity contribution in [3.05, 3.63) is 75.8 Å². The number of hydrogen-bond acceptors (Lipinski definition) is 1. The SMILES string of the molecule is Cc1ccc(C)c2c1N[C@H](c1ccccc1Cl)[C@H]1CC=C[C@H]21. The first kappa shape index (κ1) is 13.9. The highest BCUT2D eigenvalue weighted by molar-refractivity contribution is 6.31. The number of anilines is 1. The normalized spacial score (nSPS) is 25.5. The predicted octanol–water partition coefficient (Wildman–Crippen LogP) is 5.78. The van der Waals surface area contributed by atoms with Crippen molar-refractivity contribution in [3.8, 4) is 0 Å². The first-order valence-corrected chi connectivity index (χ1v) is 8.32. The summed E-state index contributed by atoms with van der Waals surface area (Å²) >= 11 is 6.49. The highest BCUT2D eigenvalue weighted by Crippen LogP contribution is 2.52. The molecule has 0 unspecified atom stereocenters. The van der Waals surface area contributed by atoms with E-state index in [9.17, 15) is 0 Å². The Kier molecular flexibility index (Phi) is 3.27. The molecule has 0 saturated heterocycles. The third kappa shape index (κ3) is 1.99. The Morgan fingerprint density at radius 1 is 1.05 bits per heavy atom. The zero-order valence-corrected chi connectivity index (χ0v) is 13.7. The Balaban J connectivity index is 1.88. The van der Waals surface area contributed by atoms with Gasteiger partial charge in [-0.2, -0.15) is 0 Å². The van der Waals surface area contributed by atoms with Crippen LogP contribution < -0.4 is 5.32 Å². The maximum Gasteiger partial charge on any atom is 0.0568 e. The number of aryl methyl sites for hydroxylation is 2. The lowest BCUT2D eigenvalue weighted by Gasteiger charge is -2.39. The van der Waals surface area contributed by atoms with E-state index in [-0.39, 0.29) is 6.04 Å². The van der Waals surface area contributed by atoms with Crippen LogP contribution in [0.25, 0.3) is 0 Å². The number of rotatable bonds is 1. The van der Waals surface area contributed by atoms with Gasteiger partial charge in [-0.1, -0.05) is 54.1 Å². The average Bonchev–Trinajstić information content (AvgIpc) is 3.00. The smallest absolute Gasteiger partial charge is 0.0568 e. The van der Waals surface area contributed by atoms with Gasteiger partial charge >= 0.3 is 0 Å². The molecular formula is C20H20ClN. The van der Waals surface area contributed by atoms with E-state index >= 15 is 0 Å². The predicted molar refractivity (Wildman–Crippen MR) is 93.7 cm³/mol. The van der Waals surface area contributed by atoms with Crippen molar-refractivity contribution in [1.82, 2.24) is 0 Å². The summed E-state index contributed by atoms with van der Waals surface area (Å²) in [5, 5.41) is 4.67. The lowest BCUT2D eigenvalue weighted by Crippen LogP contribution is -2.30. The monoisotopic (exact) mass is 309 g/mol. The van der Waals surface area contributed by atoms with Crippen LogP contribution in [-0.2, 0) is 0 Å². The van der Waals surface area contributed by atoms with Gasteiger partial charge in [0.05, 0.1) is 6.04 Å². The minimum atomic E-state index is 0.279. The molecule has 1 aliphatic heterocycles. The van der Waals surface area contributed by atoms with E-state index in [1.807, 2.05) is 12.1 Å². The highest BCUT2D eigenvalue weighted by Gasteiger charge is 2.39. The van der Waals surface area contributed by atoms with Crippen molar-refractivity contribution in [2.24, 2.45) is 5.92 Å². The van der Waals surface area contributed by atoms with Crippen molar-refractivity contribution in [1.29, 1.82) is 0 Å². The van der Waals surface area contributed by atoms with Gasteiger partial charge in [0.25, 0.3) is 0 Å².